The van der Waals surface area contributed by atoms with E-state index < -0.39 is 29.7 Å². The lowest BCUT2D eigenvalue weighted by Gasteiger charge is -2.23. The molecule has 0 aliphatic carbocycles. The van der Waals surface area contributed by atoms with Crippen molar-refractivity contribution in [1.29, 1.82) is 0 Å². The molecule has 29 heavy (non-hydrogen) atoms. The Balaban J connectivity index is 1.86. The van der Waals surface area contributed by atoms with E-state index in [1.54, 1.807) is 4.90 Å². The number of rotatable bonds is 5. The molecule has 154 valence electrons. The number of amides is 1. The number of alkyl halides is 3. The molecule has 0 spiro atoms. The molecular weight excluding hydrogens is 393 g/mol. The summed E-state index contributed by atoms with van der Waals surface area (Å²) in [6, 6.07) is 4.03. The maximum atomic E-state index is 12.8. The van der Waals surface area contributed by atoms with Gasteiger partial charge in [0.1, 0.15) is 6.04 Å². The fourth-order valence-electron chi connectivity index (χ4n) is 3.24. The summed E-state index contributed by atoms with van der Waals surface area (Å²) in [5.74, 6) is -1.77. The topological polar surface area (TPSA) is 105 Å². The van der Waals surface area contributed by atoms with E-state index in [1.807, 2.05) is 0 Å². The van der Waals surface area contributed by atoms with Crippen LogP contribution in [0.3, 0.4) is 0 Å². The summed E-state index contributed by atoms with van der Waals surface area (Å²) in [5.41, 5.74) is 2.02. The van der Waals surface area contributed by atoms with Gasteiger partial charge in [0, 0.05) is 24.9 Å². The summed E-state index contributed by atoms with van der Waals surface area (Å²) in [4.78, 5) is 37.6. The summed E-state index contributed by atoms with van der Waals surface area (Å²) in [6.45, 7) is 0.263. The zero-order valence-corrected chi connectivity index (χ0v) is 15.2. The Hall–Kier alpha value is -3.21. The number of carbonyl (C=O) groups excluding carboxylic acids is 1. The van der Waals surface area contributed by atoms with Crippen LogP contribution in [0.15, 0.2) is 36.7 Å². The third-order valence-electron chi connectivity index (χ3n) is 4.66. The molecule has 2 heterocycles. The lowest BCUT2D eigenvalue weighted by Crippen LogP contribution is -2.43. The van der Waals surface area contributed by atoms with Gasteiger partial charge in [0.15, 0.2) is 0 Å². The first-order chi connectivity index (χ1) is 13.7. The van der Waals surface area contributed by atoms with Crippen molar-refractivity contribution in [2.24, 2.45) is 0 Å². The maximum absolute atomic E-state index is 12.8. The maximum Gasteiger partial charge on any atom is 0.416 e. The molecule has 0 radical (unpaired) electrons. The normalized spacial score (nSPS) is 19.2. The van der Waals surface area contributed by atoms with E-state index in [0.717, 1.165) is 24.5 Å². The summed E-state index contributed by atoms with van der Waals surface area (Å²) in [6.07, 6.45) is -1.88. The summed E-state index contributed by atoms with van der Waals surface area (Å²) >= 11 is 0. The van der Waals surface area contributed by atoms with Crippen molar-refractivity contribution in [1.82, 2.24) is 15.4 Å². The number of carbonyl (C=O) groups is 2. The molecule has 1 amide bonds. The lowest BCUT2D eigenvalue weighted by atomic mass is 9.95. The van der Waals surface area contributed by atoms with Crippen molar-refractivity contribution >= 4 is 17.8 Å². The Morgan fingerprint density at radius 3 is 2.34 bits per heavy atom. The number of halogens is 3. The molecule has 2 atom stereocenters. The molecule has 2 aromatic rings. The van der Waals surface area contributed by atoms with Crippen LogP contribution in [0.2, 0.25) is 0 Å². The van der Waals surface area contributed by atoms with Gasteiger partial charge in [0.05, 0.1) is 18.2 Å². The van der Waals surface area contributed by atoms with Gasteiger partial charge in [0.2, 0.25) is 5.95 Å². The molecule has 2 N–H and O–H groups in total. The number of nitrogens with one attached hydrogen (secondary N) is 1. The Bertz CT molecular complexity index is 887. The molecule has 11 heteroatoms. The Morgan fingerprint density at radius 2 is 1.83 bits per heavy atom. The van der Waals surface area contributed by atoms with Crippen molar-refractivity contribution in [3.63, 3.8) is 0 Å². The molecule has 0 bridgehead atoms. The summed E-state index contributed by atoms with van der Waals surface area (Å²) in [5, 5.41) is 8.97. The lowest BCUT2D eigenvalue weighted by molar-refractivity contribution is -0.137. The fraction of sp³-hybridized carbons (Fsp3) is 0.333. The van der Waals surface area contributed by atoms with Crippen molar-refractivity contribution in [2.75, 3.05) is 18.6 Å². The van der Waals surface area contributed by atoms with E-state index in [-0.39, 0.29) is 24.0 Å². The molecule has 1 fully saturated rings. The molecule has 0 saturated carbocycles. The number of benzene rings is 1. The highest BCUT2D eigenvalue weighted by Crippen LogP contribution is 2.36. The molecule has 1 unspecified atom stereocenters. The quantitative estimate of drug-likeness (QED) is 0.729. The minimum atomic E-state index is -4.43. The third-order valence-corrected chi connectivity index (χ3v) is 4.66. The van der Waals surface area contributed by atoms with Gasteiger partial charge in [-0.1, -0.05) is 12.1 Å². The second-order valence-corrected chi connectivity index (χ2v) is 6.47. The van der Waals surface area contributed by atoms with Crippen LogP contribution in [-0.2, 0) is 15.8 Å². The SMILES string of the molecule is CONC(=O)[C@@H]1CC(c2ccc(C(F)(F)F)cc2)CN1c1ncc(C(=O)O)cn1. The third kappa shape index (κ3) is 4.45. The first-order valence-electron chi connectivity index (χ1n) is 8.52. The minimum absolute atomic E-state index is 0.106. The average molecular weight is 410 g/mol. The smallest absolute Gasteiger partial charge is 0.416 e. The summed E-state index contributed by atoms with van der Waals surface area (Å²) in [7, 11) is 1.28. The molecule has 1 aromatic heterocycles. The van der Waals surface area contributed by atoms with Crippen molar-refractivity contribution in [2.45, 2.75) is 24.6 Å². The van der Waals surface area contributed by atoms with E-state index in [9.17, 15) is 22.8 Å². The fourth-order valence-corrected chi connectivity index (χ4v) is 3.24. The van der Waals surface area contributed by atoms with Crippen LogP contribution in [-0.4, -0.2) is 46.6 Å². The number of nitrogens with zero attached hydrogens (tertiary/aromatic N) is 3. The Kier molecular flexibility index (Phi) is 5.69. The molecule has 1 aliphatic heterocycles. The van der Waals surface area contributed by atoms with Crippen molar-refractivity contribution in [3.8, 4) is 0 Å². The van der Waals surface area contributed by atoms with Gasteiger partial charge >= 0.3 is 12.1 Å². The van der Waals surface area contributed by atoms with Crippen LogP contribution in [0.5, 0.6) is 0 Å². The molecular formula is C18H17F3N4O4. The zero-order chi connectivity index (χ0) is 21.2. The van der Waals surface area contributed by atoms with Crippen LogP contribution in [0.4, 0.5) is 19.1 Å². The number of aromatic nitrogens is 2. The minimum Gasteiger partial charge on any atom is -0.478 e. The van der Waals surface area contributed by atoms with E-state index in [1.165, 1.54) is 19.2 Å². The van der Waals surface area contributed by atoms with Crippen LogP contribution in [0, 0.1) is 0 Å². The first kappa shape index (κ1) is 20.5. The second kappa shape index (κ2) is 8.03. The predicted octanol–water partition coefficient (Wildman–Crippen LogP) is 2.23. The van der Waals surface area contributed by atoms with E-state index in [2.05, 4.69) is 20.3 Å². The molecule has 1 saturated heterocycles. The van der Waals surface area contributed by atoms with Gasteiger partial charge < -0.3 is 10.0 Å². The molecule has 3 rings (SSSR count). The van der Waals surface area contributed by atoms with Gasteiger partial charge in [-0.15, -0.1) is 0 Å². The highest BCUT2D eigenvalue weighted by atomic mass is 19.4. The Labute approximate surface area is 163 Å². The molecule has 8 nitrogen and oxygen atoms in total. The largest absolute Gasteiger partial charge is 0.478 e. The predicted molar refractivity (Wildman–Crippen MR) is 94.1 cm³/mol. The number of aromatic carboxylic acids is 1. The van der Waals surface area contributed by atoms with Crippen molar-refractivity contribution in [3.05, 3.63) is 53.3 Å². The number of hydrogen-bond donors (Lipinski definition) is 2. The average Bonchev–Trinajstić information content (AvgIpc) is 3.13. The van der Waals surface area contributed by atoms with Crippen LogP contribution in [0.1, 0.15) is 33.8 Å². The van der Waals surface area contributed by atoms with E-state index in [0.29, 0.717) is 12.0 Å². The number of carboxylic acids is 1. The molecule has 1 aliphatic rings. The van der Waals surface area contributed by atoms with Gasteiger partial charge in [-0.3, -0.25) is 9.63 Å². The van der Waals surface area contributed by atoms with E-state index in [4.69, 9.17) is 5.11 Å². The monoisotopic (exact) mass is 410 g/mol. The number of anilines is 1. The van der Waals surface area contributed by atoms with Gasteiger partial charge in [0.25, 0.3) is 5.91 Å². The molecule has 1 aromatic carbocycles. The van der Waals surface area contributed by atoms with Crippen LogP contribution in [0.25, 0.3) is 0 Å². The zero-order valence-electron chi connectivity index (χ0n) is 15.2. The first-order valence-corrected chi connectivity index (χ1v) is 8.52. The van der Waals surface area contributed by atoms with Gasteiger partial charge in [-0.2, -0.15) is 13.2 Å². The van der Waals surface area contributed by atoms with Crippen LogP contribution >= 0.6 is 0 Å². The second-order valence-electron chi connectivity index (χ2n) is 6.47. The summed E-state index contributed by atoms with van der Waals surface area (Å²) < 4.78 is 38.4. The number of carboxylic acid groups (broad SMARTS) is 1. The number of hydroxylamine groups is 1. The van der Waals surface area contributed by atoms with Crippen molar-refractivity contribution < 1.29 is 32.7 Å². The Morgan fingerprint density at radius 1 is 1.21 bits per heavy atom. The highest BCUT2D eigenvalue weighted by molar-refractivity contribution is 5.87. The number of hydrogen-bond acceptors (Lipinski definition) is 6. The standard InChI is InChI=1S/C18H17F3N4O4/c1-29-24-15(26)14-6-11(10-2-4-13(5-3-10)18(19,20)21)9-25(14)17-22-7-12(8-23-17)16(27)28/h2-5,7-8,11,14H,6,9H2,1H3,(H,24,26)(H,27,28)/t11?,14-/m0/s1. The van der Waals surface area contributed by atoms with Gasteiger partial charge in [-0.25, -0.2) is 20.2 Å². The van der Waals surface area contributed by atoms with Crippen LogP contribution < -0.4 is 10.4 Å². The highest BCUT2D eigenvalue weighted by Gasteiger charge is 2.39. The van der Waals surface area contributed by atoms with Gasteiger partial charge in [-0.05, 0) is 24.1 Å². The van der Waals surface area contributed by atoms with E-state index >= 15 is 0 Å².